The van der Waals surface area contributed by atoms with E-state index in [1.807, 2.05) is 12.4 Å². The summed E-state index contributed by atoms with van der Waals surface area (Å²) in [6.07, 6.45) is 8.21. The minimum absolute atomic E-state index is 0.772. The zero-order valence-electron chi connectivity index (χ0n) is 25.0. The quantitative estimate of drug-likeness (QED) is 0.191. The summed E-state index contributed by atoms with van der Waals surface area (Å²) in [5.74, 6) is 1.60. The third kappa shape index (κ3) is 4.25. The van der Waals surface area contributed by atoms with E-state index in [-0.39, 0.29) is 0 Å². The molecule has 8 aromatic rings. The fourth-order valence-electron chi connectivity index (χ4n) is 6.86. The van der Waals surface area contributed by atoms with Crippen LogP contribution >= 0.6 is 0 Å². The number of aromatic nitrogens is 1. The molecule has 216 valence electrons. The fourth-order valence-corrected chi connectivity index (χ4v) is 6.86. The molecule has 46 heavy (non-hydrogen) atoms. The van der Waals surface area contributed by atoms with Gasteiger partial charge in [-0.1, -0.05) is 115 Å². The van der Waals surface area contributed by atoms with Gasteiger partial charge >= 0.3 is 0 Å². The Hall–Kier alpha value is -6.19. The molecule has 0 saturated heterocycles. The topological polar surface area (TPSA) is 25.4 Å². The van der Waals surface area contributed by atoms with Crippen LogP contribution in [0.1, 0.15) is 11.1 Å². The van der Waals surface area contributed by atoms with Crippen LogP contribution in [0.15, 0.2) is 158 Å². The summed E-state index contributed by atoms with van der Waals surface area (Å²) in [4.78, 5) is 6.92. The van der Waals surface area contributed by atoms with Gasteiger partial charge in [-0.2, -0.15) is 0 Å². The molecule has 0 amide bonds. The molecule has 3 heteroatoms. The summed E-state index contributed by atoms with van der Waals surface area (Å²) in [7, 11) is 0. The summed E-state index contributed by atoms with van der Waals surface area (Å²) in [6.45, 7) is 0. The summed E-state index contributed by atoms with van der Waals surface area (Å²) >= 11 is 0. The summed E-state index contributed by atoms with van der Waals surface area (Å²) < 4.78 is 6.98. The fraction of sp³-hybridized carbons (Fsp3) is 0. The summed E-state index contributed by atoms with van der Waals surface area (Å²) in [6, 6.07) is 51.2. The minimum Gasteiger partial charge on any atom is -0.456 e. The molecule has 0 radical (unpaired) electrons. The van der Waals surface area contributed by atoms with Gasteiger partial charge in [0.1, 0.15) is 11.5 Å². The molecule has 0 unspecified atom stereocenters. The van der Waals surface area contributed by atoms with Crippen LogP contribution in [0.25, 0.3) is 55.6 Å². The number of fused-ring (bicyclic) bond motifs is 5. The van der Waals surface area contributed by atoms with Crippen molar-refractivity contribution in [3.05, 3.63) is 169 Å². The Morgan fingerprint density at radius 1 is 0.500 bits per heavy atom. The van der Waals surface area contributed by atoms with Crippen LogP contribution in [0.4, 0.5) is 17.1 Å². The number of ether oxygens (including phenoxy) is 1. The molecule has 0 N–H and O–H groups in total. The van der Waals surface area contributed by atoms with Crippen LogP contribution in [-0.2, 0) is 0 Å². The van der Waals surface area contributed by atoms with Crippen LogP contribution < -0.4 is 9.64 Å². The molecule has 0 saturated carbocycles. The molecular weight excluding hydrogens is 560 g/mol. The molecule has 9 rings (SSSR count). The monoisotopic (exact) mass is 588 g/mol. The highest BCUT2D eigenvalue weighted by atomic mass is 16.5. The van der Waals surface area contributed by atoms with Gasteiger partial charge in [-0.15, -0.1) is 0 Å². The number of hydrogen-bond donors (Lipinski definition) is 0. The lowest BCUT2D eigenvalue weighted by atomic mass is 9.89. The third-order valence-corrected chi connectivity index (χ3v) is 8.93. The van der Waals surface area contributed by atoms with E-state index in [0.29, 0.717) is 0 Å². The first-order chi connectivity index (χ1) is 22.8. The molecular formula is C43H28N2O. The van der Waals surface area contributed by atoms with Crippen LogP contribution in [0.3, 0.4) is 0 Å². The standard InChI is InChI=1S/C43H28N2O/c1-2-14-32(15-3-1)45-40-20-9-5-12-30(40)21-22-31-23-24-33(27-41(31)45)46-43-37-18-8-7-17-36(37)42(39-28-44-26-25-38(39)43)35-19-10-13-29-11-4-6-16-34(29)35/h1-28H. The third-order valence-electron chi connectivity index (χ3n) is 8.93. The molecule has 7 aromatic carbocycles. The molecule has 3 nitrogen and oxygen atoms in total. The van der Waals surface area contributed by atoms with Gasteiger partial charge in [-0.25, -0.2) is 0 Å². The number of benzene rings is 7. The Balaban J connectivity index is 1.25. The Kier molecular flexibility index (Phi) is 6.14. The second kappa shape index (κ2) is 10.8. The second-order valence-corrected chi connectivity index (χ2v) is 11.6. The van der Waals surface area contributed by atoms with Gasteiger partial charge in [0, 0.05) is 40.3 Å². The van der Waals surface area contributed by atoms with Crippen molar-refractivity contribution in [1.82, 2.24) is 4.98 Å². The molecule has 1 aliphatic heterocycles. The van der Waals surface area contributed by atoms with Crippen molar-refractivity contribution in [3.8, 4) is 22.6 Å². The van der Waals surface area contributed by atoms with Crippen LogP contribution in [-0.4, -0.2) is 4.98 Å². The highest BCUT2D eigenvalue weighted by Gasteiger charge is 2.22. The molecule has 0 aliphatic carbocycles. The van der Waals surface area contributed by atoms with Gasteiger partial charge in [-0.05, 0) is 74.8 Å². The maximum absolute atomic E-state index is 6.98. The van der Waals surface area contributed by atoms with Crippen LogP contribution in [0.2, 0.25) is 0 Å². The lowest BCUT2D eigenvalue weighted by molar-refractivity contribution is 0.494. The van der Waals surface area contributed by atoms with Crippen molar-refractivity contribution in [2.75, 3.05) is 4.90 Å². The Morgan fingerprint density at radius 3 is 2.09 bits per heavy atom. The highest BCUT2D eigenvalue weighted by molar-refractivity contribution is 6.19. The van der Waals surface area contributed by atoms with Crippen LogP contribution in [0, 0.1) is 0 Å². The van der Waals surface area contributed by atoms with Crippen molar-refractivity contribution in [2.24, 2.45) is 0 Å². The van der Waals surface area contributed by atoms with E-state index in [1.165, 1.54) is 27.5 Å². The van der Waals surface area contributed by atoms with Gasteiger partial charge in [0.15, 0.2) is 0 Å². The first kappa shape index (κ1) is 26.2. The van der Waals surface area contributed by atoms with Crippen molar-refractivity contribution < 1.29 is 4.74 Å². The number of anilines is 3. The molecule has 1 aromatic heterocycles. The van der Waals surface area contributed by atoms with Gasteiger partial charge in [0.25, 0.3) is 0 Å². The normalized spacial score (nSPS) is 12.2. The zero-order valence-corrected chi connectivity index (χ0v) is 25.0. The van der Waals surface area contributed by atoms with Gasteiger partial charge < -0.3 is 9.64 Å². The second-order valence-electron chi connectivity index (χ2n) is 11.6. The Bertz CT molecular complexity index is 2400. The van der Waals surface area contributed by atoms with E-state index in [0.717, 1.165) is 55.7 Å². The molecule has 0 atom stereocenters. The maximum atomic E-state index is 6.98. The van der Waals surface area contributed by atoms with Crippen LogP contribution in [0.5, 0.6) is 11.5 Å². The summed E-state index contributed by atoms with van der Waals surface area (Å²) in [5.41, 5.74) is 7.93. The maximum Gasteiger partial charge on any atom is 0.143 e. The van der Waals surface area contributed by atoms with Gasteiger partial charge in [0.2, 0.25) is 0 Å². The summed E-state index contributed by atoms with van der Waals surface area (Å²) in [5, 5.41) is 6.71. The lowest BCUT2D eigenvalue weighted by Crippen LogP contribution is -2.11. The average Bonchev–Trinajstić information content (AvgIpc) is 3.28. The van der Waals surface area contributed by atoms with E-state index in [1.54, 1.807) is 0 Å². The number of nitrogens with zero attached hydrogens (tertiary/aromatic N) is 2. The smallest absolute Gasteiger partial charge is 0.143 e. The highest BCUT2D eigenvalue weighted by Crippen LogP contribution is 2.48. The number of para-hydroxylation sites is 2. The van der Waals surface area contributed by atoms with Gasteiger partial charge in [0.05, 0.1) is 11.4 Å². The first-order valence-electron chi connectivity index (χ1n) is 15.5. The van der Waals surface area contributed by atoms with Crippen molar-refractivity contribution in [2.45, 2.75) is 0 Å². The Morgan fingerprint density at radius 2 is 1.20 bits per heavy atom. The van der Waals surface area contributed by atoms with E-state index >= 15 is 0 Å². The lowest BCUT2D eigenvalue weighted by Gasteiger charge is -2.27. The van der Waals surface area contributed by atoms with E-state index in [2.05, 4.69) is 168 Å². The number of hydrogen-bond acceptors (Lipinski definition) is 3. The number of pyridine rings is 1. The van der Waals surface area contributed by atoms with E-state index < -0.39 is 0 Å². The van der Waals surface area contributed by atoms with E-state index in [9.17, 15) is 0 Å². The predicted octanol–water partition coefficient (Wildman–Crippen LogP) is 12.0. The SMILES string of the molecule is C1=Cc2ccc(Oc3c4ccccc4c(-c4cccc5ccccc45)c4cnccc34)cc2N(c2ccccc2)c2ccccc21. The molecule has 2 heterocycles. The van der Waals surface area contributed by atoms with Crippen molar-refractivity contribution in [1.29, 1.82) is 0 Å². The zero-order chi connectivity index (χ0) is 30.5. The number of rotatable bonds is 4. The molecule has 0 bridgehead atoms. The van der Waals surface area contributed by atoms with Crippen molar-refractivity contribution in [3.63, 3.8) is 0 Å². The molecule has 0 spiro atoms. The Labute approximate surface area is 267 Å². The van der Waals surface area contributed by atoms with Crippen molar-refractivity contribution >= 4 is 61.5 Å². The largest absolute Gasteiger partial charge is 0.456 e. The van der Waals surface area contributed by atoms with Gasteiger partial charge in [-0.3, -0.25) is 4.98 Å². The first-order valence-corrected chi connectivity index (χ1v) is 15.5. The van der Waals surface area contributed by atoms with E-state index in [4.69, 9.17) is 4.74 Å². The molecule has 1 aliphatic rings. The molecule has 0 fully saturated rings. The predicted molar refractivity (Wildman–Crippen MR) is 192 cm³/mol. The minimum atomic E-state index is 0.772. The average molecular weight is 589 g/mol.